The second kappa shape index (κ2) is 7.87. The molecule has 1 aromatic carbocycles. The molecular formula is C23H24N2O4S. The summed E-state index contributed by atoms with van der Waals surface area (Å²) in [5.41, 5.74) is 1.31. The van der Waals surface area contributed by atoms with E-state index in [-0.39, 0.29) is 29.5 Å². The van der Waals surface area contributed by atoms with Crippen molar-refractivity contribution in [3.8, 4) is 5.75 Å². The molecule has 1 saturated carbocycles. The number of ether oxygens (including phenoxy) is 2. The zero-order valence-electron chi connectivity index (χ0n) is 16.9. The number of thiazole rings is 1. The van der Waals surface area contributed by atoms with E-state index in [2.05, 4.69) is 11.9 Å². The predicted molar refractivity (Wildman–Crippen MR) is 113 cm³/mol. The van der Waals surface area contributed by atoms with Crippen LogP contribution in [0.2, 0.25) is 0 Å². The van der Waals surface area contributed by atoms with Crippen LogP contribution < -0.4 is 9.64 Å². The zero-order chi connectivity index (χ0) is 20.7. The van der Waals surface area contributed by atoms with Crippen molar-refractivity contribution in [1.29, 1.82) is 0 Å². The van der Waals surface area contributed by atoms with E-state index in [0.29, 0.717) is 17.3 Å². The number of amides is 1. The standard InChI is InChI=1S/C23H24N2O4S/c1-2-11-28-15-7-5-6-14(13-15)19-18-20(26)16-8-3-4-9-17(16)29-21(18)22(27)25(19)23-24-10-12-30-23/h5-7,10,12-13,16-17,19H,2-4,8-9,11H2,1H3. The summed E-state index contributed by atoms with van der Waals surface area (Å²) in [5.74, 6) is 0.557. The third-order valence-corrected chi connectivity index (χ3v) is 6.81. The first kappa shape index (κ1) is 19.3. The van der Waals surface area contributed by atoms with Crippen LogP contribution in [-0.2, 0) is 14.3 Å². The molecule has 3 unspecified atom stereocenters. The number of ketones is 1. The average molecular weight is 425 g/mol. The van der Waals surface area contributed by atoms with Gasteiger partial charge in [0.25, 0.3) is 5.91 Å². The monoisotopic (exact) mass is 424 g/mol. The number of anilines is 1. The maximum Gasteiger partial charge on any atom is 0.296 e. The SMILES string of the molecule is CCCOc1cccc(C2C3=C(OC4CCCCC4C3=O)C(=O)N2c2nccs2)c1. The molecule has 0 N–H and O–H groups in total. The summed E-state index contributed by atoms with van der Waals surface area (Å²) >= 11 is 1.38. The molecule has 0 spiro atoms. The highest BCUT2D eigenvalue weighted by Gasteiger charge is 2.53. The molecule has 5 rings (SSSR count). The first-order valence-corrected chi connectivity index (χ1v) is 11.5. The number of carbonyl (C=O) groups excluding carboxylic acids is 2. The number of fused-ring (bicyclic) bond motifs is 1. The predicted octanol–water partition coefficient (Wildman–Crippen LogP) is 4.43. The minimum absolute atomic E-state index is 0.0539. The smallest absolute Gasteiger partial charge is 0.296 e. The summed E-state index contributed by atoms with van der Waals surface area (Å²) in [6.07, 6.45) is 6.08. The number of hydrogen-bond acceptors (Lipinski definition) is 6. The van der Waals surface area contributed by atoms with Crippen LogP contribution in [0.1, 0.15) is 50.6 Å². The first-order chi connectivity index (χ1) is 14.7. The number of hydrogen-bond donors (Lipinski definition) is 0. The summed E-state index contributed by atoms with van der Waals surface area (Å²) in [4.78, 5) is 33.0. The normalized spacial score (nSPS) is 25.8. The maximum atomic E-state index is 13.6. The van der Waals surface area contributed by atoms with Gasteiger partial charge in [0.15, 0.2) is 16.7 Å². The van der Waals surface area contributed by atoms with Gasteiger partial charge >= 0.3 is 0 Å². The van der Waals surface area contributed by atoms with Crippen molar-refractivity contribution in [3.63, 3.8) is 0 Å². The van der Waals surface area contributed by atoms with E-state index >= 15 is 0 Å². The molecule has 30 heavy (non-hydrogen) atoms. The molecule has 1 fully saturated rings. The molecule has 3 heterocycles. The molecule has 6 nitrogen and oxygen atoms in total. The molecule has 1 amide bonds. The van der Waals surface area contributed by atoms with Crippen LogP contribution in [0.25, 0.3) is 0 Å². The van der Waals surface area contributed by atoms with Gasteiger partial charge < -0.3 is 9.47 Å². The van der Waals surface area contributed by atoms with Crippen LogP contribution in [0.15, 0.2) is 47.2 Å². The van der Waals surface area contributed by atoms with Gasteiger partial charge in [0.1, 0.15) is 11.9 Å². The third-order valence-electron chi connectivity index (χ3n) is 6.04. The van der Waals surface area contributed by atoms with Crippen molar-refractivity contribution in [2.75, 3.05) is 11.5 Å². The van der Waals surface area contributed by atoms with Crippen LogP contribution >= 0.6 is 11.3 Å². The molecule has 1 aliphatic carbocycles. The Morgan fingerprint density at radius 2 is 2.13 bits per heavy atom. The van der Waals surface area contributed by atoms with E-state index in [1.807, 2.05) is 29.6 Å². The summed E-state index contributed by atoms with van der Waals surface area (Å²) in [6.45, 7) is 2.67. The highest BCUT2D eigenvalue weighted by molar-refractivity contribution is 7.13. The lowest BCUT2D eigenvalue weighted by Crippen LogP contribution is -2.39. The van der Waals surface area contributed by atoms with Crippen LogP contribution in [-0.4, -0.2) is 29.4 Å². The topological polar surface area (TPSA) is 68.7 Å². The fraction of sp³-hybridized carbons (Fsp3) is 0.435. The van der Waals surface area contributed by atoms with E-state index in [9.17, 15) is 9.59 Å². The first-order valence-electron chi connectivity index (χ1n) is 10.6. The fourth-order valence-corrected chi connectivity index (χ4v) is 5.35. The summed E-state index contributed by atoms with van der Waals surface area (Å²) in [6, 6.07) is 7.12. The van der Waals surface area contributed by atoms with Gasteiger partial charge in [-0.05, 0) is 43.4 Å². The molecule has 1 aromatic heterocycles. The van der Waals surface area contributed by atoms with Crippen LogP contribution in [0.3, 0.4) is 0 Å². The Bertz CT molecular complexity index is 1000. The van der Waals surface area contributed by atoms with Crippen LogP contribution in [0.5, 0.6) is 5.75 Å². The lowest BCUT2D eigenvalue weighted by molar-refractivity contribution is -0.131. The van der Waals surface area contributed by atoms with Gasteiger partial charge in [0, 0.05) is 11.6 Å². The summed E-state index contributed by atoms with van der Waals surface area (Å²) in [7, 11) is 0. The molecule has 3 atom stereocenters. The highest BCUT2D eigenvalue weighted by Crippen LogP contribution is 2.48. The molecule has 0 radical (unpaired) electrons. The van der Waals surface area contributed by atoms with Crippen molar-refractivity contribution >= 4 is 28.2 Å². The quantitative estimate of drug-likeness (QED) is 0.710. The maximum absolute atomic E-state index is 13.6. The Morgan fingerprint density at radius 3 is 2.93 bits per heavy atom. The van der Waals surface area contributed by atoms with Gasteiger partial charge in [-0.2, -0.15) is 0 Å². The Kier molecular flexibility index (Phi) is 5.06. The average Bonchev–Trinajstić information content (AvgIpc) is 3.39. The molecule has 2 aliphatic heterocycles. The van der Waals surface area contributed by atoms with Gasteiger partial charge in [0.05, 0.1) is 24.1 Å². The minimum Gasteiger partial charge on any atom is -0.494 e. The van der Waals surface area contributed by atoms with Crippen molar-refractivity contribution in [3.05, 3.63) is 52.7 Å². The largest absolute Gasteiger partial charge is 0.494 e. The van der Waals surface area contributed by atoms with E-state index in [1.165, 1.54) is 11.3 Å². The summed E-state index contributed by atoms with van der Waals surface area (Å²) in [5, 5.41) is 2.40. The number of aromatic nitrogens is 1. The lowest BCUT2D eigenvalue weighted by atomic mass is 9.77. The van der Waals surface area contributed by atoms with Gasteiger partial charge in [-0.3, -0.25) is 14.5 Å². The van der Waals surface area contributed by atoms with E-state index in [0.717, 1.165) is 43.4 Å². The Hall–Kier alpha value is -2.67. The Morgan fingerprint density at radius 1 is 1.27 bits per heavy atom. The fourth-order valence-electron chi connectivity index (χ4n) is 4.69. The molecule has 7 heteroatoms. The van der Waals surface area contributed by atoms with Gasteiger partial charge in [0.2, 0.25) is 0 Å². The van der Waals surface area contributed by atoms with Crippen molar-refractivity contribution < 1.29 is 19.1 Å². The molecule has 2 aromatic rings. The van der Waals surface area contributed by atoms with Crippen molar-refractivity contribution in [1.82, 2.24) is 4.98 Å². The second-order valence-corrected chi connectivity index (χ2v) is 8.84. The van der Waals surface area contributed by atoms with Crippen molar-refractivity contribution in [2.45, 2.75) is 51.2 Å². The van der Waals surface area contributed by atoms with Crippen LogP contribution in [0, 0.1) is 5.92 Å². The minimum atomic E-state index is -0.542. The number of Topliss-reactive ketones (excluding diaryl/α,β-unsaturated/α-hetero) is 1. The number of carbonyl (C=O) groups is 2. The molecule has 0 bridgehead atoms. The highest BCUT2D eigenvalue weighted by atomic mass is 32.1. The van der Waals surface area contributed by atoms with E-state index < -0.39 is 6.04 Å². The second-order valence-electron chi connectivity index (χ2n) is 7.97. The lowest BCUT2D eigenvalue weighted by Gasteiger charge is -2.35. The van der Waals surface area contributed by atoms with Gasteiger partial charge in [-0.1, -0.05) is 25.5 Å². The summed E-state index contributed by atoms with van der Waals surface area (Å²) < 4.78 is 12.0. The van der Waals surface area contributed by atoms with E-state index in [4.69, 9.17) is 9.47 Å². The number of nitrogens with zero attached hydrogens (tertiary/aromatic N) is 2. The molecule has 0 saturated heterocycles. The number of rotatable bonds is 5. The van der Waals surface area contributed by atoms with Gasteiger partial charge in [-0.25, -0.2) is 4.98 Å². The zero-order valence-corrected chi connectivity index (χ0v) is 17.7. The molecule has 156 valence electrons. The third kappa shape index (κ3) is 3.12. The van der Waals surface area contributed by atoms with Crippen LogP contribution in [0.4, 0.5) is 5.13 Å². The Balaban J connectivity index is 1.61. The number of benzene rings is 1. The van der Waals surface area contributed by atoms with Gasteiger partial charge in [-0.15, -0.1) is 11.3 Å². The van der Waals surface area contributed by atoms with E-state index in [1.54, 1.807) is 11.1 Å². The molecular weight excluding hydrogens is 400 g/mol. The van der Waals surface area contributed by atoms with Crippen molar-refractivity contribution in [2.24, 2.45) is 5.92 Å². The Labute approximate surface area is 179 Å². The molecule has 3 aliphatic rings.